The van der Waals surface area contributed by atoms with E-state index in [1.54, 1.807) is 27.7 Å². The van der Waals surface area contributed by atoms with Crippen molar-refractivity contribution in [1.29, 1.82) is 0 Å². The highest BCUT2D eigenvalue weighted by molar-refractivity contribution is 7.86. The van der Waals surface area contributed by atoms with Crippen molar-refractivity contribution in [1.82, 2.24) is 0 Å². The molecule has 5 atom stereocenters. The summed E-state index contributed by atoms with van der Waals surface area (Å²) in [6.45, 7) is 5.77. The summed E-state index contributed by atoms with van der Waals surface area (Å²) < 4.78 is 80.1. The van der Waals surface area contributed by atoms with Crippen molar-refractivity contribution in [3.63, 3.8) is 0 Å². The van der Waals surface area contributed by atoms with Crippen molar-refractivity contribution >= 4 is 20.2 Å². The number of hydrogen-bond acceptors (Lipinski definition) is 11. The third-order valence-corrected chi connectivity index (χ3v) is 5.28. The second-order valence-electron chi connectivity index (χ2n) is 7.94. The zero-order valence-corrected chi connectivity index (χ0v) is 19.2. The van der Waals surface area contributed by atoms with E-state index in [0.717, 1.165) is 12.5 Å². The van der Waals surface area contributed by atoms with Crippen molar-refractivity contribution in [2.75, 3.05) is 25.7 Å². The lowest BCUT2D eigenvalue weighted by molar-refractivity contribution is -0.174. The van der Waals surface area contributed by atoms with Gasteiger partial charge in [-0.15, -0.1) is 0 Å². The van der Waals surface area contributed by atoms with E-state index in [9.17, 15) is 16.8 Å². The van der Waals surface area contributed by atoms with Crippen LogP contribution >= 0.6 is 0 Å². The lowest BCUT2D eigenvalue weighted by Gasteiger charge is -2.31. The van der Waals surface area contributed by atoms with Gasteiger partial charge in [0.25, 0.3) is 20.2 Å². The van der Waals surface area contributed by atoms with Crippen LogP contribution in [0.1, 0.15) is 27.7 Å². The molecule has 174 valence electrons. The molecule has 0 amide bonds. The van der Waals surface area contributed by atoms with Gasteiger partial charge in [-0.05, 0) is 33.2 Å². The van der Waals surface area contributed by atoms with Crippen LogP contribution < -0.4 is 0 Å². The maximum Gasteiger partial charge on any atom is 0.264 e. The summed E-state index contributed by atoms with van der Waals surface area (Å²) in [5.41, 5.74) is 8.65. The van der Waals surface area contributed by atoms with E-state index in [2.05, 4.69) is 10.0 Å². The summed E-state index contributed by atoms with van der Waals surface area (Å²) in [5.74, 6) is -2.32. The van der Waals surface area contributed by atoms with Gasteiger partial charge in [-0.3, -0.25) is 8.37 Å². The molecule has 0 aliphatic carbocycles. The number of rotatable bonds is 9. The van der Waals surface area contributed by atoms with E-state index in [4.69, 9.17) is 32.8 Å². The SMILES string of the molecule is CC1(C)O[C@@H]([C@@H](OS(C)(=O)=O)[C@@H]2OC(C)(C)O[C@@H]2COS(C)(=O)=O)[C@@H](CN=[N+]=[N-])O1. The van der Waals surface area contributed by atoms with Crippen LogP contribution in [0.2, 0.25) is 0 Å². The van der Waals surface area contributed by atoms with Crippen LogP contribution in [0.5, 0.6) is 0 Å². The molecule has 0 aromatic carbocycles. The van der Waals surface area contributed by atoms with Gasteiger partial charge in [0.2, 0.25) is 0 Å². The molecule has 0 aromatic rings. The molecule has 2 saturated heterocycles. The van der Waals surface area contributed by atoms with Crippen LogP contribution in [0.15, 0.2) is 5.11 Å². The van der Waals surface area contributed by atoms with Crippen LogP contribution in [0.4, 0.5) is 0 Å². The molecular weight excluding hydrogens is 446 g/mol. The highest BCUT2D eigenvalue weighted by Crippen LogP contribution is 2.38. The van der Waals surface area contributed by atoms with Crippen molar-refractivity contribution in [2.45, 2.75) is 69.8 Å². The molecule has 0 unspecified atom stereocenters. The van der Waals surface area contributed by atoms with E-state index in [1.165, 1.54) is 0 Å². The zero-order chi connectivity index (χ0) is 23.0. The first-order valence-corrected chi connectivity index (χ1v) is 12.6. The standard InChI is InChI=1S/C15H27N3O10S2/c1-14(2)24-9(7-17-18-16)11(26-14)13(28-30(6,21)22)12-10(8-23-29(5,19)20)25-15(3,4)27-12/h9-13H,7-8H2,1-6H3/t9-,10-,11-,12-,13-/m1/s1. The molecule has 0 spiro atoms. The Hall–Kier alpha value is -1.03. The van der Waals surface area contributed by atoms with E-state index in [1.807, 2.05) is 0 Å². The average molecular weight is 474 g/mol. The van der Waals surface area contributed by atoms with Gasteiger partial charge in [-0.1, -0.05) is 5.11 Å². The fourth-order valence-electron chi connectivity index (χ4n) is 3.36. The van der Waals surface area contributed by atoms with Crippen molar-refractivity contribution in [3.8, 4) is 0 Å². The lowest BCUT2D eigenvalue weighted by atomic mass is 9.99. The fourth-order valence-corrected chi connectivity index (χ4v) is 4.36. The summed E-state index contributed by atoms with van der Waals surface area (Å²) in [6, 6.07) is 0. The third kappa shape index (κ3) is 7.28. The number of azide groups is 1. The molecule has 0 bridgehead atoms. The first-order valence-electron chi connectivity index (χ1n) is 8.97. The van der Waals surface area contributed by atoms with Gasteiger partial charge < -0.3 is 18.9 Å². The smallest absolute Gasteiger partial charge is 0.264 e. The molecule has 30 heavy (non-hydrogen) atoms. The van der Waals surface area contributed by atoms with E-state index < -0.39 is 68.9 Å². The second-order valence-corrected chi connectivity index (χ2v) is 11.2. The van der Waals surface area contributed by atoms with E-state index in [-0.39, 0.29) is 6.54 Å². The van der Waals surface area contributed by atoms with Gasteiger partial charge in [0.1, 0.15) is 24.4 Å². The molecular formula is C15H27N3O10S2. The van der Waals surface area contributed by atoms with Gasteiger partial charge in [0, 0.05) is 4.91 Å². The number of nitrogens with zero attached hydrogens (tertiary/aromatic N) is 3. The van der Waals surface area contributed by atoms with Crippen molar-refractivity contribution < 1.29 is 44.1 Å². The van der Waals surface area contributed by atoms with Gasteiger partial charge in [-0.2, -0.15) is 16.8 Å². The Kier molecular flexibility index (Phi) is 7.44. The van der Waals surface area contributed by atoms with Crippen LogP contribution in [0, 0.1) is 0 Å². The van der Waals surface area contributed by atoms with Crippen LogP contribution in [-0.4, -0.2) is 84.6 Å². The third-order valence-electron chi connectivity index (χ3n) is 4.15. The molecule has 2 heterocycles. The highest BCUT2D eigenvalue weighted by Gasteiger charge is 2.55. The molecule has 0 radical (unpaired) electrons. The van der Waals surface area contributed by atoms with Gasteiger partial charge in [-0.25, -0.2) is 0 Å². The average Bonchev–Trinajstić information content (AvgIpc) is 3.02. The first-order chi connectivity index (χ1) is 13.5. The van der Waals surface area contributed by atoms with Crippen LogP contribution in [0.25, 0.3) is 10.4 Å². The van der Waals surface area contributed by atoms with Gasteiger partial charge in [0.05, 0.1) is 31.8 Å². The normalized spacial score (nSPS) is 31.9. The Balaban J connectivity index is 2.41. The van der Waals surface area contributed by atoms with Crippen molar-refractivity contribution in [2.24, 2.45) is 5.11 Å². The Morgan fingerprint density at radius 2 is 1.43 bits per heavy atom. The van der Waals surface area contributed by atoms with Gasteiger partial charge in [0.15, 0.2) is 11.6 Å². The molecule has 2 aliphatic rings. The predicted molar refractivity (Wildman–Crippen MR) is 102 cm³/mol. The quantitative estimate of drug-likeness (QED) is 0.200. The van der Waals surface area contributed by atoms with E-state index in [0.29, 0.717) is 0 Å². The summed E-state index contributed by atoms with van der Waals surface area (Å²) in [7, 11) is -7.82. The maximum absolute atomic E-state index is 12.0. The lowest BCUT2D eigenvalue weighted by Crippen LogP contribution is -2.51. The minimum Gasteiger partial charge on any atom is -0.344 e. The predicted octanol–water partition coefficient (Wildman–Crippen LogP) is 0.658. The molecule has 15 heteroatoms. The van der Waals surface area contributed by atoms with Crippen LogP contribution in [-0.2, 0) is 47.5 Å². The molecule has 2 aliphatic heterocycles. The maximum atomic E-state index is 12.0. The summed E-state index contributed by atoms with van der Waals surface area (Å²) in [6.07, 6.45) is -3.58. The van der Waals surface area contributed by atoms with Gasteiger partial charge >= 0.3 is 0 Å². The highest BCUT2D eigenvalue weighted by atomic mass is 32.2. The van der Waals surface area contributed by atoms with E-state index >= 15 is 0 Å². The Labute approximate surface area is 175 Å². The minimum atomic E-state index is -4.02. The summed E-state index contributed by atoms with van der Waals surface area (Å²) in [5, 5.41) is 3.49. The monoisotopic (exact) mass is 473 g/mol. The number of ether oxygens (including phenoxy) is 4. The van der Waals surface area contributed by atoms with Crippen LogP contribution in [0.3, 0.4) is 0 Å². The molecule has 0 saturated carbocycles. The van der Waals surface area contributed by atoms with Crippen molar-refractivity contribution in [3.05, 3.63) is 10.4 Å². The molecule has 2 rings (SSSR count). The zero-order valence-electron chi connectivity index (χ0n) is 17.5. The summed E-state index contributed by atoms with van der Waals surface area (Å²) >= 11 is 0. The summed E-state index contributed by atoms with van der Waals surface area (Å²) in [4.78, 5) is 2.70. The Bertz CT molecular complexity index is 882. The Morgan fingerprint density at radius 1 is 0.933 bits per heavy atom. The molecule has 0 N–H and O–H groups in total. The Morgan fingerprint density at radius 3 is 1.90 bits per heavy atom. The molecule has 2 fully saturated rings. The fraction of sp³-hybridized carbons (Fsp3) is 1.00. The minimum absolute atomic E-state index is 0.157. The topological polar surface area (TPSA) is 172 Å². The molecule has 0 aromatic heterocycles. The largest absolute Gasteiger partial charge is 0.344 e. The molecule has 13 nitrogen and oxygen atoms in total. The second kappa shape index (κ2) is 8.84. The first kappa shape index (κ1) is 25.2. The number of hydrogen-bond donors (Lipinski definition) is 0.